The van der Waals surface area contributed by atoms with Gasteiger partial charge in [-0.15, -0.1) is 46.7 Å². The van der Waals surface area contributed by atoms with Gasteiger partial charge in [0.2, 0.25) is 0 Å². The second kappa shape index (κ2) is 10.4. The fourth-order valence-electron chi connectivity index (χ4n) is 1.84. The molecule has 0 spiro atoms. The molecule has 0 atom stereocenters. The van der Waals surface area contributed by atoms with Crippen LogP contribution >= 0.6 is 46.7 Å². The maximum Gasteiger partial charge on any atom is 0.434 e. The highest BCUT2D eigenvalue weighted by molar-refractivity contribution is 14.0. The quantitative estimate of drug-likeness (QED) is 0.333. The number of nitrogens with one attached hydrogen (secondary N) is 2. The van der Waals surface area contributed by atoms with Crippen molar-refractivity contribution in [3.8, 4) is 0 Å². The Labute approximate surface area is 175 Å². The smallest absolute Gasteiger partial charge is 0.357 e. The standard InChI is InChI=1S/C15H20F3N5S2.HI/c1-4-19-14(20-5-10-7-25-13(22-10)9(2)3)21-6-12-23-11(8-24-12)15(16,17)18;/h7-9H,4-6H2,1-3H3,(H2,19,20,21);1H. The molecule has 146 valence electrons. The zero-order valence-electron chi connectivity index (χ0n) is 14.6. The van der Waals surface area contributed by atoms with Crippen molar-refractivity contribution < 1.29 is 13.2 Å². The fraction of sp³-hybridized carbons (Fsp3) is 0.533. The maximum absolute atomic E-state index is 12.6. The topological polar surface area (TPSA) is 62.2 Å². The van der Waals surface area contributed by atoms with E-state index in [9.17, 15) is 13.2 Å². The van der Waals surface area contributed by atoms with Crippen LogP contribution in [-0.2, 0) is 19.3 Å². The van der Waals surface area contributed by atoms with Crippen molar-refractivity contribution in [2.24, 2.45) is 4.99 Å². The number of halogens is 4. The van der Waals surface area contributed by atoms with E-state index < -0.39 is 11.9 Å². The van der Waals surface area contributed by atoms with Crippen LogP contribution in [0.15, 0.2) is 15.8 Å². The summed E-state index contributed by atoms with van der Waals surface area (Å²) < 4.78 is 37.7. The number of thiazole rings is 2. The molecule has 0 aliphatic rings. The first-order chi connectivity index (χ1) is 11.8. The third kappa shape index (κ3) is 6.99. The van der Waals surface area contributed by atoms with Gasteiger partial charge in [-0.05, 0) is 6.92 Å². The Hall–Kier alpha value is -0.950. The van der Waals surface area contributed by atoms with Crippen molar-refractivity contribution in [1.82, 2.24) is 20.6 Å². The predicted molar refractivity (Wildman–Crippen MR) is 110 cm³/mol. The molecule has 5 nitrogen and oxygen atoms in total. The Balaban J connectivity index is 0.00000338. The average molecular weight is 519 g/mol. The van der Waals surface area contributed by atoms with Crippen LogP contribution in [0.2, 0.25) is 0 Å². The lowest BCUT2D eigenvalue weighted by atomic mass is 10.2. The van der Waals surface area contributed by atoms with Crippen LogP contribution in [0.5, 0.6) is 0 Å². The Morgan fingerprint density at radius 1 is 1.19 bits per heavy atom. The highest BCUT2D eigenvalue weighted by Crippen LogP contribution is 2.29. The Morgan fingerprint density at radius 3 is 2.46 bits per heavy atom. The van der Waals surface area contributed by atoms with Crippen LogP contribution in [0.3, 0.4) is 0 Å². The molecule has 0 radical (unpaired) electrons. The van der Waals surface area contributed by atoms with E-state index in [1.807, 2.05) is 12.3 Å². The number of alkyl halides is 3. The molecule has 0 aliphatic heterocycles. The third-order valence-electron chi connectivity index (χ3n) is 3.06. The summed E-state index contributed by atoms with van der Waals surface area (Å²) in [5, 5.41) is 10.5. The molecule has 0 saturated heterocycles. The molecule has 2 aromatic heterocycles. The first-order valence-corrected chi connectivity index (χ1v) is 9.53. The number of nitrogens with zero attached hydrogens (tertiary/aromatic N) is 3. The van der Waals surface area contributed by atoms with Crippen molar-refractivity contribution in [1.29, 1.82) is 0 Å². The average Bonchev–Trinajstić information content (AvgIpc) is 3.18. The maximum atomic E-state index is 12.6. The summed E-state index contributed by atoms with van der Waals surface area (Å²) in [5.74, 6) is 0.896. The minimum atomic E-state index is -4.41. The van der Waals surface area contributed by atoms with Crippen molar-refractivity contribution in [2.75, 3.05) is 6.54 Å². The largest absolute Gasteiger partial charge is 0.434 e. The molecule has 0 aliphatic carbocycles. The summed E-state index contributed by atoms with van der Waals surface area (Å²) >= 11 is 2.57. The van der Waals surface area contributed by atoms with Gasteiger partial charge in [-0.1, -0.05) is 13.8 Å². The van der Waals surface area contributed by atoms with Crippen LogP contribution < -0.4 is 10.6 Å². The Bertz CT molecular complexity index is 712. The molecular weight excluding hydrogens is 498 g/mol. The van der Waals surface area contributed by atoms with E-state index in [-0.39, 0.29) is 30.5 Å². The Kier molecular flexibility index (Phi) is 9.24. The Morgan fingerprint density at radius 2 is 1.92 bits per heavy atom. The molecule has 26 heavy (non-hydrogen) atoms. The molecular formula is C15H21F3IN5S2. The van der Waals surface area contributed by atoms with Gasteiger partial charge in [0.1, 0.15) is 5.01 Å². The first-order valence-electron chi connectivity index (χ1n) is 7.77. The fourth-order valence-corrected chi connectivity index (χ4v) is 3.41. The number of rotatable bonds is 6. The summed E-state index contributed by atoms with van der Waals surface area (Å²) in [7, 11) is 0. The van der Waals surface area contributed by atoms with E-state index in [4.69, 9.17) is 0 Å². The molecule has 0 bridgehead atoms. The zero-order valence-corrected chi connectivity index (χ0v) is 18.5. The monoisotopic (exact) mass is 519 g/mol. The van der Waals surface area contributed by atoms with E-state index in [2.05, 4.69) is 39.4 Å². The highest BCUT2D eigenvalue weighted by Gasteiger charge is 2.33. The van der Waals surface area contributed by atoms with E-state index in [1.165, 1.54) is 0 Å². The lowest BCUT2D eigenvalue weighted by molar-refractivity contribution is -0.140. The van der Waals surface area contributed by atoms with Crippen LogP contribution in [0.25, 0.3) is 0 Å². The summed E-state index contributed by atoms with van der Waals surface area (Å²) in [4.78, 5) is 12.5. The van der Waals surface area contributed by atoms with Gasteiger partial charge in [0.25, 0.3) is 0 Å². The van der Waals surface area contributed by atoms with E-state index in [1.54, 1.807) is 11.3 Å². The van der Waals surface area contributed by atoms with Crippen LogP contribution in [-0.4, -0.2) is 22.5 Å². The molecule has 2 heterocycles. The molecule has 0 unspecified atom stereocenters. The molecule has 0 aromatic carbocycles. The van der Waals surface area contributed by atoms with Crippen molar-refractivity contribution in [2.45, 2.75) is 46.0 Å². The van der Waals surface area contributed by atoms with Gasteiger partial charge < -0.3 is 10.6 Å². The number of aliphatic imine (C=N–C) groups is 1. The minimum Gasteiger partial charge on any atom is -0.357 e. The van der Waals surface area contributed by atoms with Crippen molar-refractivity contribution >= 4 is 52.6 Å². The summed E-state index contributed by atoms with van der Waals surface area (Å²) in [6.45, 7) is 7.32. The number of hydrogen-bond acceptors (Lipinski definition) is 5. The second-order valence-electron chi connectivity index (χ2n) is 5.50. The minimum absolute atomic E-state index is 0. The van der Waals surface area contributed by atoms with Crippen molar-refractivity contribution in [3.63, 3.8) is 0 Å². The SMILES string of the molecule is CCNC(=NCc1csc(C(C)C)n1)NCc1nc(C(F)(F)F)cs1.I. The van der Waals surface area contributed by atoms with Crippen LogP contribution in [0.4, 0.5) is 13.2 Å². The van der Waals surface area contributed by atoms with Crippen LogP contribution in [0.1, 0.15) is 48.1 Å². The van der Waals surface area contributed by atoms with Gasteiger partial charge in [-0.2, -0.15) is 13.2 Å². The molecule has 2 N–H and O–H groups in total. The van der Waals surface area contributed by atoms with Gasteiger partial charge in [-0.3, -0.25) is 0 Å². The third-order valence-corrected chi connectivity index (χ3v) is 5.10. The van der Waals surface area contributed by atoms with Crippen molar-refractivity contribution in [3.05, 3.63) is 32.2 Å². The normalized spacial score (nSPS) is 12.2. The van der Waals surface area contributed by atoms with E-state index in [0.29, 0.717) is 30.0 Å². The number of hydrogen-bond donors (Lipinski definition) is 2. The lowest BCUT2D eigenvalue weighted by Crippen LogP contribution is -2.36. The van der Waals surface area contributed by atoms with Gasteiger partial charge >= 0.3 is 6.18 Å². The van der Waals surface area contributed by atoms with Gasteiger partial charge in [0, 0.05) is 23.2 Å². The van der Waals surface area contributed by atoms with Gasteiger partial charge in [0.15, 0.2) is 11.7 Å². The molecule has 0 saturated carbocycles. The van der Waals surface area contributed by atoms with E-state index >= 15 is 0 Å². The zero-order chi connectivity index (χ0) is 18.4. The van der Waals surface area contributed by atoms with Crippen LogP contribution in [0, 0.1) is 0 Å². The van der Waals surface area contributed by atoms with Gasteiger partial charge in [0.05, 0.1) is 23.8 Å². The molecule has 2 rings (SSSR count). The summed E-state index contributed by atoms with van der Waals surface area (Å²) in [5.41, 5.74) is 0.0134. The predicted octanol–water partition coefficient (Wildman–Crippen LogP) is 4.62. The summed E-state index contributed by atoms with van der Waals surface area (Å²) in [6.07, 6.45) is -4.41. The van der Waals surface area contributed by atoms with Gasteiger partial charge in [-0.25, -0.2) is 15.0 Å². The second-order valence-corrected chi connectivity index (χ2v) is 7.34. The highest BCUT2D eigenvalue weighted by atomic mass is 127. The van der Waals surface area contributed by atoms with E-state index in [0.717, 1.165) is 27.4 Å². The molecule has 0 amide bonds. The first kappa shape index (κ1) is 23.1. The molecule has 2 aromatic rings. The molecule has 0 fully saturated rings. The molecule has 11 heteroatoms. The lowest BCUT2D eigenvalue weighted by Gasteiger charge is -2.09. The number of aromatic nitrogens is 2. The summed E-state index contributed by atoms with van der Waals surface area (Å²) in [6, 6.07) is 0. The number of guanidine groups is 1.